The number of esters is 1. The number of aromatic hydroxyl groups is 1. The minimum Gasteiger partial charge on any atom is -0.508 e. The molecule has 0 unspecified atom stereocenters. The third-order valence-corrected chi connectivity index (χ3v) is 3.85. The minimum atomic E-state index is -0.483. The Hall–Kier alpha value is -3.08. The molecule has 122 valence electrons. The van der Waals surface area contributed by atoms with Gasteiger partial charge in [-0.1, -0.05) is 30.3 Å². The second-order valence-corrected chi connectivity index (χ2v) is 5.40. The summed E-state index contributed by atoms with van der Waals surface area (Å²) in [4.78, 5) is 23.1. The zero-order valence-electron chi connectivity index (χ0n) is 13.1. The van der Waals surface area contributed by atoms with Gasteiger partial charge in [0, 0.05) is 23.9 Å². The summed E-state index contributed by atoms with van der Waals surface area (Å²) in [5.74, 6) is -0.364. The van der Waals surface area contributed by atoms with Crippen LogP contribution in [0.2, 0.25) is 0 Å². The Kier molecular flexibility index (Phi) is 4.33. The van der Waals surface area contributed by atoms with E-state index in [1.807, 2.05) is 30.3 Å². The Morgan fingerprint density at radius 3 is 2.62 bits per heavy atom. The first kappa shape index (κ1) is 15.8. The van der Waals surface area contributed by atoms with Gasteiger partial charge in [0.25, 0.3) is 0 Å². The van der Waals surface area contributed by atoms with Crippen LogP contribution in [0.3, 0.4) is 0 Å². The van der Waals surface area contributed by atoms with Gasteiger partial charge in [-0.3, -0.25) is 4.79 Å². The lowest BCUT2D eigenvalue weighted by Gasteiger charge is -2.09. The van der Waals surface area contributed by atoms with Gasteiger partial charge in [-0.25, -0.2) is 4.79 Å². The Morgan fingerprint density at radius 1 is 1.17 bits per heavy atom. The fraction of sp³-hybridized carbons (Fsp3) is 0.158. The number of carbonyl (C=O) groups is 1. The number of benzene rings is 2. The lowest BCUT2D eigenvalue weighted by atomic mass is 9.98. The largest absolute Gasteiger partial charge is 0.508 e. The molecule has 0 amide bonds. The normalized spacial score (nSPS) is 10.7. The molecule has 5 heteroatoms. The monoisotopic (exact) mass is 324 g/mol. The van der Waals surface area contributed by atoms with Crippen LogP contribution in [0, 0.1) is 0 Å². The van der Waals surface area contributed by atoms with Crippen LogP contribution in [0.4, 0.5) is 0 Å². The summed E-state index contributed by atoms with van der Waals surface area (Å²) in [7, 11) is 1.32. The van der Waals surface area contributed by atoms with Crippen LogP contribution in [0.25, 0.3) is 22.1 Å². The fourth-order valence-corrected chi connectivity index (χ4v) is 2.64. The second kappa shape index (κ2) is 6.58. The molecule has 3 aromatic rings. The molecule has 0 aliphatic rings. The molecule has 0 radical (unpaired) electrons. The predicted molar refractivity (Wildman–Crippen MR) is 89.9 cm³/mol. The molecule has 1 N–H and O–H groups in total. The van der Waals surface area contributed by atoms with Gasteiger partial charge < -0.3 is 14.3 Å². The number of ether oxygens (including phenoxy) is 1. The van der Waals surface area contributed by atoms with Crippen molar-refractivity contribution >= 4 is 16.9 Å². The summed E-state index contributed by atoms with van der Waals surface area (Å²) >= 11 is 0. The third kappa shape index (κ3) is 3.15. The minimum absolute atomic E-state index is 0.0141. The van der Waals surface area contributed by atoms with E-state index in [0.717, 1.165) is 11.1 Å². The number of hydrogen-bond acceptors (Lipinski definition) is 5. The van der Waals surface area contributed by atoms with Crippen molar-refractivity contribution in [3.8, 4) is 16.9 Å². The average Bonchev–Trinajstić information content (AvgIpc) is 2.59. The van der Waals surface area contributed by atoms with Gasteiger partial charge in [0.2, 0.25) is 0 Å². The molecule has 0 saturated heterocycles. The number of fused-ring (bicyclic) bond motifs is 1. The van der Waals surface area contributed by atoms with Crippen LogP contribution >= 0.6 is 0 Å². The predicted octanol–water partition coefficient (Wildman–Crippen LogP) is 3.27. The molecular formula is C19H16O5. The quantitative estimate of drug-likeness (QED) is 0.589. The van der Waals surface area contributed by atoms with Crippen LogP contribution in [-0.4, -0.2) is 18.2 Å². The number of phenolic OH excluding ortho intramolecular Hbond substituents is 1. The van der Waals surface area contributed by atoms with Crippen molar-refractivity contribution < 1.29 is 19.1 Å². The number of phenols is 1. The Bertz CT molecular complexity index is 941. The van der Waals surface area contributed by atoms with E-state index < -0.39 is 5.63 Å². The van der Waals surface area contributed by atoms with Crippen molar-refractivity contribution in [2.75, 3.05) is 7.11 Å². The zero-order valence-corrected chi connectivity index (χ0v) is 13.1. The van der Waals surface area contributed by atoms with E-state index in [1.54, 1.807) is 6.07 Å². The Labute approximate surface area is 138 Å². The molecule has 1 heterocycles. The van der Waals surface area contributed by atoms with Crippen molar-refractivity contribution in [2.45, 2.75) is 12.8 Å². The standard InChI is InChI=1S/C19H16O5/c1-23-18(21)8-7-13-9-15-14(12-5-3-2-4-6-12)10-19(22)24-17(15)11-16(13)20/h2-6,9-11,20H,7-8H2,1H3. The lowest BCUT2D eigenvalue weighted by molar-refractivity contribution is -0.140. The molecule has 0 bridgehead atoms. The molecular weight excluding hydrogens is 308 g/mol. The molecule has 2 aromatic carbocycles. The number of aryl methyl sites for hydroxylation is 1. The number of carbonyl (C=O) groups excluding carboxylic acids is 1. The lowest BCUT2D eigenvalue weighted by Crippen LogP contribution is -2.03. The highest BCUT2D eigenvalue weighted by atomic mass is 16.5. The molecule has 1 aromatic heterocycles. The summed E-state index contributed by atoms with van der Waals surface area (Å²) < 4.78 is 9.83. The third-order valence-electron chi connectivity index (χ3n) is 3.85. The van der Waals surface area contributed by atoms with E-state index >= 15 is 0 Å². The molecule has 0 atom stereocenters. The van der Waals surface area contributed by atoms with E-state index in [9.17, 15) is 14.7 Å². The maximum atomic E-state index is 11.8. The maximum Gasteiger partial charge on any atom is 0.336 e. The first-order chi connectivity index (χ1) is 11.6. The van der Waals surface area contributed by atoms with E-state index in [1.165, 1.54) is 19.2 Å². The summed E-state index contributed by atoms with van der Waals surface area (Å²) in [6, 6.07) is 14.0. The first-order valence-corrected chi connectivity index (χ1v) is 7.50. The number of methoxy groups -OCH3 is 1. The highest BCUT2D eigenvalue weighted by molar-refractivity contribution is 5.94. The molecule has 5 nitrogen and oxygen atoms in total. The molecule has 0 aliphatic heterocycles. The van der Waals surface area contributed by atoms with E-state index in [-0.39, 0.29) is 18.1 Å². The maximum absolute atomic E-state index is 11.8. The van der Waals surface area contributed by atoms with E-state index in [2.05, 4.69) is 4.74 Å². The van der Waals surface area contributed by atoms with E-state index in [0.29, 0.717) is 23.0 Å². The van der Waals surface area contributed by atoms with Crippen LogP contribution in [0.1, 0.15) is 12.0 Å². The highest BCUT2D eigenvalue weighted by Gasteiger charge is 2.13. The van der Waals surface area contributed by atoms with Crippen molar-refractivity contribution in [1.29, 1.82) is 0 Å². The fourth-order valence-electron chi connectivity index (χ4n) is 2.64. The van der Waals surface area contributed by atoms with Gasteiger partial charge in [-0.05, 0) is 29.2 Å². The van der Waals surface area contributed by atoms with Gasteiger partial charge in [0.15, 0.2) is 0 Å². The zero-order chi connectivity index (χ0) is 17.1. The van der Waals surface area contributed by atoms with Crippen LogP contribution in [0.5, 0.6) is 5.75 Å². The molecule has 0 saturated carbocycles. The van der Waals surface area contributed by atoms with Crippen molar-refractivity contribution in [3.63, 3.8) is 0 Å². The Morgan fingerprint density at radius 2 is 1.92 bits per heavy atom. The molecule has 0 spiro atoms. The smallest absolute Gasteiger partial charge is 0.336 e. The summed E-state index contributed by atoms with van der Waals surface area (Å²) in [5.41, 5.74) is 2.02. The highest BCUT2D eigenvalue weighted by Crippen LogP contribution is 2.32. The van der Waals surface area contributed by atoms with E-state index in [4.69, 9.17) is 4.42 Å². The molecule has 0 aliphatic carbocycles. The summed E-state index contributed by atoms with van der Waals surface area (Å²) in [6.07, 6.45) is 0.495. The topological polar surface area (TPSA) is 76.7 Å². The van der Waals surface area contributed by atoms with Crippen LogP contribution < -0.4 is 5.63 Å². The van der Waals surface area contributed by atoms with Gasteiger partial charge >= 0.3 is 11.6 Å². The summed E-state index contributed by atoms with van der Waals surface area (Å²) in [6.45, 7) is 0. The number of hydrogen-bond donors (Lipinski definition) is 1. The van der Waals surface area contributed by atoms with Crippen molar-refractivity contribution in [1.82, 2.24) is 0 Å². The SMILES string of the molecule is COC(=O)CCc1cc2c(-c3ccccc3)cc(=O)oc2cc1O. The van der Waals surface area contributed by atoms with Crippen molar-refractivity contribution in [2.24, 2.45) is 0 Å². The van der Waals surface area contributed by atoms with Gasteiger partial charge in [-0.15, -0.1) is 0 Å². The Balaban J connectivity index is 2.14. The molecule has 24 heavy (non-hydrogen) atoms. The van der Waals surface area contributed by atoms with Gasteiger partial charge in [0.05, 0.1) is 7.11 Å². The van der Waals surface area contributed by atoms with Crippen molar-refractivity contribution in [3.05, 3.63) is 64.5 Å². The average molecular weight is 324 g/mol. The van der Waals surface area contributed by atoms with Crippen LogP contribution in [-0.2, 0) is 16.0 Å². The second-order valence-electron chi connectivity index (χ2n) is 5.40. The summed E-state index contributed by atoms with van der Waals surface area (Å²) in [5, 5.41) is 10.8. The molecule has 0 fully saturated rings. The van der Waals surface area contributed by atoms with Gasteiger partial charge in [-0.2, -0.15) is 0 Å². The number of rotatable bonds is 4. The molecule has 3 rings (SSSR count). The van der Waals surface area contributed by atoms with Crippen LogP contribution in [0.15, 0.2) is 57.7 Å². The van der Waals surface area contributed by atoms with Gasteiger partial charge in [0.1, 0.15) is 11.3 Å². The first-order valence-electron chi connectivity index (χ1n) is 7.50.